The Labute approximate surface area is 164 Å². The number of nitrogens with zero attached hydrogens (tertiary/aromatic N) is 4. The van der Waals surface area contributed by atoms with Gasteiger partial charge in [0.2, 0.25) is 5.82 Å². The van der Waals surface area contributed by atoms with E-state index in [-0.39, 0.29) is 30.2 Å². The summed E-state index contributed by atoms with van der Waals surface area (Å²) in [7, 11) is 0. The molecule has 1 saturated heterocycles. The van der Waals surface area contributed by atoms with Crippen LogP contribution in [0.1, 0.15) is 23.5 Å². The molecule has 0 saturated carbocycles. The molecule has 140 valence electrons. The zero-order valence-electron chi connectivity index (χ0n) is 14.9. The number of nitrogens with two attached hydrogens (primary N) is 1. The van der Waals surface area contributed by atoms with E-state index in [1.807, 2.05) is 60.7 Å². The van der Waals surface area contributed by atoms with Crippen LogP contribution in [0, 0.1) is 0 Å². The number of halogens is 1. The minimum absolute atomic E-state index is 0. The zero-order valence-corrected chi connectivity index (χ0v) is 15.7. The molecule has 6 nitrogen and oxygen atoms in total. The number of piperidine rings is 1. The summed E-state index contributed by atoms with van der Waals surface area (Å²) in [6.07, 6.45) is 1.86. The quantitative estimate of drug-likeness (QED) is 0.754. The van der Waals surface area contributed by atoms with Crippen molar-refractivity contribution in [1.82, 2.24) is 19.7 Å². The van der Waals surface area contributed by atoms with Crippen molar-refractivity contribution < 1.29 is 4.79 Å². The van der Waals surface area contributed by atoms with Crippen molar-refractivity contribution in [3.8, 4) is 17.1 Å². The molecule has 27 heavy (non-hydrogen) atoms. The Kier molecular flexibility index (Phi) is 5.88. The molecule has 2 heterocycles. The molecular weight excluding hydrogens is 362 g/mol. The van der Waals surface area contributed by atoms with E-state index in [9.17, 15) is 4.79 Å². The number of para-hydroxylation sites is 1. The number of benzene rings is 2. The normalized spacial score (nSPS) is 16.6. The van der Waals surface area contributed by atoms with E-state index in [1.54, 1.807) is 9.58 Å². The van der Waals surface area contributed by atoms with Crippen molar-refractivity contribution in [2.75, 3.05) is 13.1 Å². The minimum atomic E-state index is -0.160. The largest absolute Gasteiger partial charge is 0.334 e. The summed E-state index contributed by atoms with van der Waals surface area (Å²) in [5.41, 5.74) is 7.80. The number of likely N-dealkylation sites (tertiary alicyclic amines) is 1. The Morgan fingerprint density at radius 1 is 1.04 bits per heavy atom. The molecule has 0 spiro atoms. The van der Waals surface area contributed by atoms with Crippen LogP contribution in [-0.4, -0.2) is 44.7 Å². The summed E-state index contributed by atoms with van der Waals surface area (Å²) in [6.45, 7) is 1.26. The second-order valence-corrected chi connectivity index (χ2v) is 6.53. The third-order valence-electron chi connectivity index (χ3n) is 4.58. The van der Waals surface area contributed by atoms with Crippen molar-refractivity contribution in [1.29, 1.82) is 0 Å². The lowest BCUT2D eigenvalue weighted by molar-refractivity contribution is 0.0696. The molecule has 1 atom stereocenters. The van der Waals surface area contributed by atoms with E-state index in [1.165, 1.54) is 0 Å². The summed E-state index contributed by atoms with van der Waals surface area (Å²) in [4.78, 5) is 19.2. The molecule has 1 aliphatic rings. The predicted octanol–water partition coefficient (Wildman–Crippen LogP) is 2.92. The maximum atomic E-state index is 12.9. The third kappa shape index (κ3) is 4.02. The highest BCUT2D eigenvalue weighted by molar-refractivity contribution is 5.91. The second kappa shape index (κ2) is 8.33. The maximum Gasteiger partial charge on any atom is 0.293 e. The van der Waals surface area contributed by atoms with Crippen LogP contribution >= 0.6 is 12.4 Å². The molecule has 7 heteroatoms. The highest BCUT2D eigenvalue weighted by atomic mass is 35.5. The first-order valence-electron chi connectivity index (χ1n) is 8.85. The highest BCUT2D eigenvalue weighted by Crippen LogP contribution is 2.22. The van der Waals surface area contributed by atoms with Gasteiger partial charge in [-0.2, -0.15) is 0 Å². The Morgan fingerprint density at radius 2 is 1.70 bits per heavy atom. The summed E-state index contributed by atoms with van der Waals surface area (Å²) in [5.74, 6) is 0.704. The van der Waals surface area contributed by atoms with E-state index in [0.29, 0.717) is 18.9 Å². The SMILES string of the molecule is Cl.NC1CCCN(C(=O)c2nc(-c3ccccc3)n(-c3ccccc3)n2)C1. The molecule has 0 aliphatic carbocycles. The molecule has 2 N–H and O–H groups in total. The van der Waals surface area contributed by atoms with Crippen LogP contribution < -0.4 is 5.73 Å². The standard InChI is InChI=1S/C20H21N5O.ClH/c21-16-10-7-13-24(14-16)20(26)18-22-19(15-8-3-1-4-9-15)25(23-18)17-11-5-2-6-12-17;/h1-6,8-9,11-12,16H,7,10,13-14,21H2;1H. The Hall–Kier alpha value is -2.70. The van der Waals surface area contributed by atoms with Gasteiger partial charge in [0.05, 0.1) is 5.69 Å². The number of hydrogen-bond donors (Lipinski definition) is 1. The molecule has 0 bridgehead atoms. The third-order valence-corrected chi connectivity index (χ3v) is 4.58. The zero-order chi connectivity index (χ0) is 17.9. The smallest absolute Gasteiger partial charge is 0.293 e. The fourth-order valence-corrected chi connectivity index (χ4v) is 3.26. The molecule has 1 unspecified atom stereocenters. The number of carbonyl (C=O) groups is 1. The van der Waals surface area contributed by atoms with Gasteiger partial charge in [0.25, 0.3) is 5.91 Å². The van der Waals surface area contributed by atoms with Crippen LogP contribution in [0.15, 0.2) is 60.7 Å². The Bertz CT molecular complexity index is 840. The van der Waals surface area contributed by atoms with Gasteiger partial charge < -0.3 is 10.6 Å². The van der Waals surface area contributed by atoms with E-state index < -0.39 is 0 Å². The monoisotopic (exact) mass is 383 g/mol. The number of carbonyl (C=O) groups excluding carboxylic acids is 1. The second-order valence-electron chi connectivity index (χ2n) is 6.53. The molecule has 4 rings (SSSR count). The van der Waals surface area contributed by atoms with Crippen molar-refractivity contribution in [3.63, 3.8) is 0 Å². The van der Waals surface area contributed by atoms with Gasteiger partial charge in [-0.05, 0) is 25.0 Å². The molecule has 2 aromatic carbocycles. The van der Waals surface area contributed by atoms with Gasteiger partial charge in [0.15, 0.2) is 5.82 Å². The summed E-state index contributed by atoms with van der Waals surface area (Å²) in [6, 6.07) is 19.5. The molecule has 1 amide bonds. The van der Waals surface area contributed by atoms with Crippen LogP contribution in [0.4, 0.5) is 0 Å². The Balaban J connectivity index is 0.00000210. The first-order valence-corrected chi connectivity index (χ1v) is 8.85. The Morgan fingerprint density at radius 3 is 2.37 bits per heavy atom. The van der Waals surface area contributed by atoms with Crippen LogP contribution in [0.5, 0.6) is 0 Å². The topological polar surface area (TPSA) is 77.0 Å². The lowest BCUT2D eigenvalue weighted by Crippen LogP contribution is -2.46. The van der Waals surface area contributed by atoms with E-state index >= 15 is 0 Å². The lowest BCUT2D eigenvalue weighted by atomic mass is 10.1. The van der Waals surface area contributed by atoms with Gasteiger partial charge in [-0.1, -0.05) is 48.5 Å². The fourth-order valence-electron chi connectivity index (χ4n) is 3.26. The molecule has 1 fully saturated rings. The maximum absolute atomic E-state index is 12.9. The number of rotatable bonds is 3. The van der Waals surface area contributed by atoms with Gasteiger partial charge >= 0.3 is 0 Å². The van der Waals surface area contributed by atoms with Crippen molar-refractivity contribution >= 4 is 18.3 Å². The minimum Gasteiger partial charge on any atom is -0.334 e. The molecule has 3 aromatic rings. The first kappa shape index (κ1) is 19.1. The van der Waals surface area contributed by atoms with Crippen molar-refractivity contribution in [2.24, 2.45) is 5.73 Å². The number of aromatic nitrogens is 3. The summed E-state index contributed by atoms with van der Waals surface area (Å²) >= 11 is 0. The van der Waals surface area contributed by atoms with Crippen LogP contribution in [0.2, 0.25) is 0 Å². The van der Waals surface area contributed by atoms with Crippen LogP contribution in [0.3, 0.4) is 0 Å². The molecular formula is C20H22ClN5O. The first-order chi connectivity index (χ1) is 12.7. The highest BCUT2D eigenvalue weighted by Gasteiger charge is 2.26. The van der Waals surface area contributed by atoms with Gasteiger partial charge in [-0.25, -0.2) is 9.67 Å². The van der Waals surface area contributed by atoms with Crippen LogP contribution in [-0.2, 0) is 0 Å². The van der Waals surface area contributed by atoms with Crippen LogP contribution in [0.25, 0.3) is 17.1 Å². The fraction of sp³-hybridized carbons (Fsp3) is 0.250. The number of hydrogen-bond acceptors (Lipinski definition) is 4. The summed E-state index contributed by atoms with van der Waals surface area (Å²) in [5, 5.41) is 4.53. The number of amides is 1. The molecule has 1 aromatic heterocycles. The van der Waals surface area contributed by atoms with E-state index in [4.69, 9.17) is 5.73 Å². The lowest BCUT2D eigenvalue weighted by Gasteiger charge is -2.29. The van der Waals surface area contributed by atoms with E-state index in [0.717, 1.165) is 24.1 Å². The average molecular weight is 384 g/mol. The van der Waals surface area contributed by atoms with Crippen molar-refractivity contribution in [2.45, 2.75) is 18.9 Å². The van der Waals surface area contributed by atoms with Gasteiger partial charge in [-0.15, -0.1) is 17.5 Å². The summed E-state index contributed by atoms with van der Waals surface area (Å²) < 4.78 is 1.73. The van der Waals surface area contributed by atoms with Gasteiger partial charge in [0, 0.05) is 24.7 Å². The molecule has 1 aliphatic heterocycles. The molecule has 0 radical (unpaired) electrons. The van der Waals surface area contributed by atoms with Gasteiger partial charge in [0.1, 0.15) is 0 Å². The predicted molar refractivity (Wildman–Crippen MR) is 107 cm³/mol. The van der Waals surface area contributed by atoms with Gasteiger partial charge in [-0.3, -0.25) is 4.79 Å². The van der Waals surface area contributed by atoms with E-state index in [2.05, 4.69) is 10.1 Å². The average Bonchev–Trinajstić information content (AvgIpc) is 3.14. The van der Waals surface area contributed by atoms with Crippen molar-refractivity contribution in [3.05, 3.63) is 66.5 Å².